The Balaban J connectivity index is 1.95. The molecule has 0 aliphatic carbocycles. The Morgan fingerprint density at radius 1 is 0.870 bits per heavy atom. The molecule has 23 heavy (non-hydrogen) atoms. The number of halogens is 2. The number of hydrogen-bond donors (Lipinski definition) is 0. The first-order valence-electron chi connectivity index (χ1n) is 7.06. The molecule has 0 radical (unpaired) electrons. The molecule has 0 spiro atoms. The molecule has 0 bridgehead atoms. The maximum absolute atomic E-state index is 13.8. The molecule has 0 amide bonds. The van der Waals surface area contributed by atoms with Crippen LogP contribution in [0.25, 0.3) is 10.8 Å². The molecule has 0 aromatic heterocycles. The number of benzene rings is 3. The van der Waals surface area contributed by atoms with Crippen LogP contribution in [-0.4, -0.2) is 8.42 Å². The number of sulfone groups is 1. The lowest BCUT2D eigenvalue weighted by atomic mass is 10.1. The van der Waals surface area contributed by atoms with Crippen LogP contribution >= 0.6 is 11.6 Å². The Morgan fingerprint density at radius 3 is 2.35 bits per heavy atom. The summed E-state index contributed by atoms with van der Waals surface area (Å²) in [5.74, 6) is -1.17. The third kappa shape index (κ3) is 3.54. The molecule has 5 heteroatoms. The zero-order valence-corrected chi connectivity index (χ0v) is 13.7. The van der Waals surface area contributed by atoms with Crippen LogP contribution in [0.4, 0.5) is 4.39 Å². The van der Waals surface area contributed by atoms with Crippen LogP contribution in [0.3, 0.4) is 0 Å². The molecule has 0 saturated carbocycles. The molecule has 0 fully saturated rings. The van der Waals surface area contributed by atoms with Gasteiger partial charge >= 0.3 is 0 Å². The van der Waals surface area contributed by atoms with Crippen molar-refractivity contribution in [3.63, 3.8) is 0 Å². The highest BCUT2D eigenvalue weighted by atomic mass is 35.5. The molecule has 2 nitrogen and oxygen atoms in total. The first kappa shape index (κ1) is 16.0. The summed E-state index contributed by atoms with van der Waals surface area (Å²) in [5.41, 5.74) is 0.727. The molecule has 0 unspecified atom stereocenters. The lowest BCUT2D eigenvalue weighted by molar-refractivity contribution is 0.586. The Labute approximate surface area is 139 Å². The zero-order chi connectivity index (χ0) is 16.4. The first-order chi connectivity index (χ1) is 11.0. The summed E-state index contributed by atoms with van der Waals surface area (Å²) in [7, 11) is -3.55. The minimum Gasteiger partial charge on any atom is -0.228 e. The summed E-state index contributed by atoms with van der Waals surface area (Å²) < 4.78 is 38.8. The van der Waals surface area contributed by atoms with E-state index in [0.29, 0.717) is 5.56 Å². The van der Waals surface area contributed by atoms with Gasteiger partial charge in [0, 0.05) is 10.6 Å². The van der Waals surface area contributed by atoms with E-state index >= 15 is 0 Å². The fraction of sp³-hybridized carbons (Fsp3) is 0.111. The van der Waals surface area contributed by atoms with Gasteiger partial charge in [0.2, 0.25) is 0 Å². The van der Waals surface area contributed by atoms with Gasteiger partial charge in [0.15, 0.2) is 9.84 Å². The minimum absolute atomic E-state index is 0.0226. The Hall–Kier alpha value is -1.91. The summed E-state index contributed by atoms with van der Waals surface area (Å²) in [4.78, 5) is 0. The second-order valence-corrected chi connectivity index (χ2v) is 7.84. The van der Waals surface area contributed by atoms with Crippen LogP contribution < -0.4 is 0 Å². The molecule has 0 atom stereocenters. The lowest BCUT2D eigenvalue weighted by Crippen LogP contribution is -2.09. The van der Waals surface area contributed by atoms with Crippen molar-refractivity contribution >= 4 is 32.2 Å². The van der Waals surface area contributed by atoms with Gasteiger partial charge in [-0.15, -0.1) is 0 Å². The van der Waals surface area contributed by atoms with E-state index in [1.165, 1.54) is 18.2 Å². The van der Waals surface area contributed by atoms with Crippen LogP contribution in [0.1, 0.15) is 11.1 Å². The number of fused-ring (bicyclic) bond motifs is 1. The van der Waals surface area contributed by atoms with Gasteiger partial charge in [-0.1, -0.05) is 60.1 Å². The molecule has 0 aliphatic rings. The molecule has 118 valence electrons. The highest BCUT2D eigenvalue weighted by molar-refractivity contribution is 7.89. The predicted octanol–water partition coefficient (Wildman–Crippen LogP) is 4.75. The van der Waals surface area contributed by atoms with E-state index in [4.69, 9.17) is 11.6 Å². The average Bonchev–Trinajstić information content (AvgIpc) is 2.51. The van der Waals surface area contributed by atoms with E-state index in [-0.39, 0.29) is 16.3 Å². The van der Waals surface area contributed by atoms with Gasteiger partial charge in [0.25, 0.3) is 0 Å². The molecule has 3 aromatic rings. The molecular weight excluding hydrogens is 335 g/mol. The van der Waals surface area contributed by atoms with Crippen molar-refractivity contribution in [2.45, 2.75) is 11.5 Å². The van der Waals surface area contributed by atoms with Crippen molar-refractivity contribution in [1.82, 2.24) is 0 Å². The Kier molecular flexibility index (Phi) is 4.37. The van der Waals surface area contributed by atoms with E-state index in [2.05, 4.69) is 0 Å². The fourth-order valence-corrected chi connectivity index (χ4v) is 4.47. The number of rotatable bonds is 4. The van der Waals surface area contributed by atoms with Gasteiger partial charge in [-0.3, -0.25) is 0 Å². The van der Waals surface area contributed by atoms with Crippen molar-refractivity contribution in [3.8, 4) is 0 Å². The highest BCUT2D eigenvalue weighted by Crippen LogP contribution is 2.25. The average molecular weight is 349 g/mol. The Morgan fingerprint density at radius 2 is 1.57 bits per heavy atom. The molecule has 3 aromatic carbocycles. The van der Waals surface area contributed by atoms with Crippen molar-refractivity contribution in [2.75, 3.05) is 0 Å². The van der Waals surface area contributed by atoms with Crippen LogP contribution in [0.15, 0.2) is 60.7 Å². The second-order valence-electron chi connectivity index (χ2n) is 5.37. The zero-order valence-electron chi connectivity index (χ0n) is 12.2. The van der Waals surface area contributed by atoms with Crippen molar-refractivity contribution in [2.24, 2.45) is 0 Å². The molecule has 0 aliphatic heterocycles. The van der Waals surface area contributed by atoms with E-state index in [1.807, 2.05) is 36.4 Å². The smallest absolute Gasteiger partial charge is 0.158 e. The van der Waals surface area contributed by atoms with Crippen molar-refractivity contribution in [3.05, 3.63) is 82.6 Å². The molecule has 0 heterocycles. The van der Waals surface area contributed by atoms with E-state index in [1.54, 1.807) is 6.07 Å². The van der Waals surface area contributed by atoms with Crippen LogP contribution in [0.2, 0.25) is 5.02 Å². The monoisotopic (exact) mass is 348 g/mol. The van der Waals surface area contributed by atoms with E-state index in [9.17, 15) is 12.8 Å². The normalized spacial score (nSPS) is 11.7. The summed E-state index contributed by atoms with van der Waals surface area (Å²) in [6, 6.07) is 17.3. The van der Waals surface area contributed by atoms with Gasteiger partial charge in [0.1, 0.15) is 5.82 Å². The maximum Gasteiger partial charge on any atom is 0.158 e. The summed E-state index contributed by atoms with van der Waals surface area (Å²) in [6.45, 7) is 0. The van der Waals surface area contributed by atoms with Gasteiger partial charge in [-0.05, 0) is 28.5 Å². The molecule has 0 saturated heterocycles. The lowest BCUT2D eigenvalue weighted by Gasteiger charge is -2.09. The van der Waals surface area contributed by atoms with Crippen LogP contribution in [0, 0.1) is 5.82 Å². The third-order valence-corrected chi connectivity index (χ3v) is 5.51. The van der Waals surface area contributed by atoms with Gasteiger partial charge in [-0.25, -0.2) is 12.8 Å². The third-order valence-electron chi connectivity index (χ3n) is 3.68. The van der Waals surface area contributed by atoms with E-state index < -0.39 is 21.4 Å². The Bertz CT molecular complexity index is 942. The number of hydrogen-bond acceptors (Lipinski definition) is 2. The molecule has 3 rings (SSSR count). The first-order valence-corrected chi connectivity index (χ1v) is 9.26. The fourth-order valence-electron chi connectivity index (χ4n) is 2.60. The summed E-state index contributed by atoms with van der Waals surface area (Å²) >= 11 is 5.93. The van der Waals surface area contributed by atoms with Gasteiger partial charge < -0.3 is 0 Å². The minimum atomic E-state index is -3.55. The topological polar surface area (TPSA) is 34.1 Å². The van der Waals surface area contributed by atoms with Crippen molar-refractivity contribution < 1.29 is 12.8 Å². The summed E-state index contributed by atoms with van der Waals surface area (Å²) in [6.07, 6.45) is 0. The molecule has 0 N–H and O–H groups in total. The van der Waals surface area contributed by atoms with Gasteiger partial charge in [-0.2, -0.15) is 0 Å². The molecular formula is C18H14ClFO2S. The standard InChI is InChI=1S/C18H14ClFO2S/c19-17-9-4-10-18(20)16(17)12-23(21,22)11-14-7-3-6-13-5-1-2-8-15(13)14/h1-10H,11-12H2. The summed E-state index contributed by atoms with van der Waals surface area (Å²) in [5, 5.41) is 1.99. The largest absolute Gasteiger partial charge is 0.228 e. The van der Waals surface area contributed by atoms with Crippen molar-refractivity contribution in [1.29, 1.82) is 0 Å². The quantitative estimate of drug-likeness (QED) is 0.682. The second kappa shape index (κ2) is 6.30. The van der Waals surface area contributed by atoms with Crippen LogP contribution in [0.5, 0.6) is 0 Å². The van der Waals surface area contributed by atoms with E-state index in [0.717, 1.165) is 10.8 Å². The maximum atomic E-state index is 13.8. The predicted molar refractivity (Wildman–Crippen MR) is 91.7 cm³/mol. The highest BCUT2D eigenvalue weighted by Gasteiger charge is 2.19. The SMILES string of the molecule is O=S(=O)(Cc1c(F)cccc1Cl)Cc1cccc2ccccc12. The van der Waals surface area contributed by atoms with Gasteiger partial charge in [0.05, 0.1) is 11.5 Å². The van der Waals surface area contributed by atoms with Crippen LogP contribution in [-0.2, 0) is 21.3 Å².